The molecule has 0 saturated carbocycles. The van der Waals surface area contributed by atoms with Gasteiger partial charge in [0.05, 0.1) is 0 Å². The van der Waals surface area contributed by atoms with E-state index in [0.29, 0.717) is 7.25 Å². The summed E-state index contributed by atoms with van der Waals surface area (Å²) in [7, 11) is 0. The molecule has 4 aliphatic carbocycles. The van der Waals surface area contributed by atoms with Crippen molar-refractivity contribution in [3.05, 3.63) is 128 Å². The Labute approximate surface area is 248 Å². The number of hydrogen-bond donors (Lipinski definition) is 0. The van der Waals surface area contributed by atoms with Crippen LogP contribution in [-0.4, -0.2) is 4.21 Å². The zero-order valence-electron chi connectivity index (χ0n) is 22.7. The molecule has 40 heavy (non-hydrogen) atoms. The molecule has 0 aliphatic heterocycles. The quantitative estimate of drug-likeness (QED) is 0.298. The summed E-state index contributed by atoms with van der Waals surface area (Å²) in [5, 5.41) is 10.9. The molecule has 0 amide bonds. The monoisotopic (exact) mass is 634 g/mol. The van der Waals surface area contributed by atoms with E-state index in [2.05, 4.69) is 131 Å². The molecular formula is C37H30Cl2Zr. The zero-order valence-corrected chi connectivity index (χ0v) is 26.6. The van der Waals surface area contributed by atoms with Crippen LogP contribution in [0.1, 0.15) is 29.5 Å². The first-order valence-electron chi connectivity index (χ1n) is 13.7. The number of halogens is 2. The molecule has 0 bridgehead atoms. The fraction of sp³-hybridized carbons (Fsp3) is 0.108. The molecule has 0 heterocycles. The maximum absolute atomic E-state index is 5.37. The smallest absolute Gasteiger partial charge is 1.00 e. The summed E-state index contributed by atoms with van der Waals surface area (Å²) < 4.78 is 11.2. The van der Waals surface area contributed by atoms with Gasteiger partial charge in [-0.3, -0.25) is 0 Å². The minimum Gasteiger partial charge on any atom is -1.00 e. The first kappa shape index (κ1) is 27.3. The van der Waals surface area contributed by atoms with Gasteiger partial charge in [-0.05, 0) is 0 Å². The molecule has 2 atom stereocenters. The predicted octanol–water partition coefficient (Wildman–Crippen LogP) is 0.316. The van der Waals surface area contributed by atoms with Gasteiger partial charge >= 0.3 is 225 Å². The van der Waals surface area contributed by atoms with Gasteiger partial charge in [-0.25, -0.2) is 0 Å². The average Bonchev–Trinajstić information content (AvgIpc) is 3.63. The van der Waals surface area contributed by atoms with E-state index >= 15 is 0 Å². The van der Waals surface area contributed by atoms with Crippen LogP contribution in [0.4, 0.5) is 0 Å². The van der Waals surface area contributed by atoms with Crippen molar-refractivity contribution < 1.29 is 43.1 Å². The van der Waals surface area contributed by atoms with Gasteiger partial charge in [0.2, 0.25) is 0 Å². The number of fused-ring (bicyclic) bond motifs is 12. The second-order valence-corrected chi connectivity index (χ2v) is 29.9. The molecule has 0 spiro atoms. The standard InChI is InChI=1S/2C17H11.2CH3.CH2.2ClH.Zr/c2*1-3-8-14-12(6-1)13-7-2-4-9-15(13)17-11-5-10-16(14)17;;;;;;/h2*1-11H;2*1H3;1H2;2*1H;/q;;;;;;;+2/p-2. The van der Waals surface area contributed by atoms with Crippen molar-refractivity contribution >= 4 is 62.2 Å². The maximum Gasteiger partial charge on any atom is -1.00 e. The Balaban J connectivity index is 0.00000145. The molecule has 0 fully saturated rings. The number of rotatable bonds is 2. The Kier molecular flexibility index (Phi) is 6.39. The number of allylic oxidation sites excluding steroid dienone is 6. The van der Waals surface area contributed by atoms with Crippen LogP contribution < -0.4 is 45.7 Å². The largest absolute Gasteiger partial charge is 1.00 e. The van der Waals surface area contributed by atoms with Gasteiger partial charge in [0.25, 0.3) is 0 Å². The first-order valence-corrected chi connectivity index (χ1v) is 23.2. The molecule has 3 heteroatoms. The fourth-order valence-electron chi connectivity index (χ4n) is 7.79. The first-order chi connectivity index (χ1) is 18.4. The third-order valence-electron chi connectivity index (χ3n) is 9.61. The molecule has 0 N–H and O–H groups in total. The van der Waals surface area contributed by atoms with Crippen LogP contribution in [-0.2, 0) is 18.3 Å². The van der Waals surface area contributed by atoms with Crippen LogP contribution in [0.3, 0.4) is 0 Å². The third-order valence-corrected chi connectivity index (χ3v) is 22.0. The van der Waals surface area contributed by atoms with Gasteiger partial charge in [0.15, 0.2) is 0 Å². The van der Waals surface area contributed by atoms with Gasteiger partial charge in [-0.1, -0.05) is 0 Å². The normalized spacial score (nSPS) is 18.6. The van der Waals surface area contributed by atoms with E-state index in [9.17, 15) is 0 Å². The van der Waals surface area contributed by atoms with Crippen molar-refractivity contribution in [1.82, 2.24) is 0 Å². The Morgan fingerprint density at radius 2 is 0.875 bits per heavy atom. The Morgan fingerprint density at radius 3 is 1.27 bits per heavy atom. The van der Waals surface area contributed by atoms with Crippen molar-refractivity contribution in [2.24, 2.45) is 0 Å². The SMILES string of the molecule is [CH2]=[Zr+2]([CH3])([CH3])([CH]1C=CC=c2c1c1c(c3ccccc23)=CC=C1)[CH]1C=CC=c2c1c1c(c3ccccc23)=CC=C1.[Cl-].[Cl-]. The van der Waals surface area contributed by atoms with E-state index in [1.807, 2.05) is 0 Å². The Hall–Kier alpha value is -2.83. The van der Waals surface area contributed by atoms with Gasteiger partial charge in [0.1, 0.15) is 0 Å². The van der Waals surface area contributed by atoms with Crippen LogP contribution in [0.2, 0.25) is 9.26 Å². The van der Waals surface area contributed by atoms with Crippen LogP contribution in [0.15, 0.2) is 85.0 Å². The minimum absolute atomic E-state index is 0. The van der Waals surface area contributed by atoms with Crippen molar-refractivity contribution in [2.45, 2.75) is 16.5 Å². The molecule has 8 rings (SSSR count). The summed E-state index contributed by atoms with van der Waals surface area (Å²) in [5.74, 6) is 0. The molecule has 0 saturated heterocycles. The molecule has 0 radical (unpaired) electrons. The minimum atomic E-state index is -3.91. The molecule has 4 aromatic rings. The molecule has 4 aromatic carbocycles. The van der Waals surface area contributed by atoms with Crippen LogP contribution in [0.5, 0.6) is 0 Å². The average molecular weight is 637 g/mol. The van der Waals surface area contributed by atoms with E-state index < -0.39 is 18.3 Å². The number of hydrogen-bond acceptors (Lipinski definition) is 0. The second kappa shape index (κ2) is 9.35. The van der Waals surface area contributed by atoms with E-state index in [-0.39, 0.29) is 24.8 Å². The van der Waals surface area contributed by atoms with Gasteiger partial charge < -0.3 is 24.8 Å². The second-order valence-electron chi connectivity index (χ2n) is 12.4. The summed E-state index contributed by atoms with van der Waals surface area (Å²) in [6, 6.07) is 17.9. The van der Waals surface area contributed by atoms with Gasteiger partial charge in [0, 0.05) is 0 Å². The van der Waals surface area contributed by atoms with Gasteiger partial charge in [-0.15, -0.1) is 0 Å². The van der Waals surface area contributed by atoms with E-state index in [1.54, 1.807) is 0 Å². The molecule has 4 aliphatic rings. The molecule has 0 nitrogen and oxygen atoms in total. The van der Waals surface area contributed by atoms with Gasteiger partial charge in [-0.2, -0.15) is 0 Å². The Bertz CT molecular complexity index is 2070. The van der Waals surface area contributed by atoms with Crippen molar-refractivity contribution in [2.75, 3.05) is 0 Å². The van der Waals surface area contributed by atoms with Crippen molar-refractivity contribution in [1.29, 1.82) is 0 Å². The van der Waals surface area contributed by atoms with Crippen molar-refractivity contribution in [3.8, 4) is 0 Å². The van der Waals surface area contributed by atoms with E-state index in [4.69, 9.17) is 4.21 Å². The summed E-state index contributed by atoms with van der Waals surface area (Å²) >= 11 is -3.91. The molecular weight excluding hydrogens is 607 g/mol. The summed E-state index contributed by atoms with van der Waals surface area (Å²) in [4.78, 5) is 0. The fourth-order valence-corrected chi connectivity index (χ4v) is 18.6. The predicted molar refractivity (Wildman–Crippen MR) is 165 cm³/mol. The molecule has 2 unspecified atom stereocenters. The van der Waals surface area contributed by atoms with Crippen LogP contribution in [0.25, 0.3) is 58.0 Å². The zero-order chi connectivity index (χ0) is 25.7. The molecule has 196 valence electrons. The van der Waals surface area contributed by atoms with E-state index in [0.717, 1.165) is 0 Å². The maximum atomic E-state index is 5.37. The van der Waals surface area contributed by atoms with Crippen molar-refractivity contribution in [3.63, 3.8) is 0 Å². The Morgan fingerprint density at radius 1 is 0.525 bits per heavy atom. The summed E-state index contributed by atoms with van der Waals surface area (Å²) in [5.41, 5.74) is 5.81. The summed E-state index contributed by atoms with van der Waals surface area (Å²) in [6.07, 6.45) is 28.1. The van der Waals surface area contributed by atoms with E-state index in [1.165, 1.54) is 64.7 Å². The topological polar surface area (TPSA) is 0 Å². The van der Waals surface area contributed by atoms with Crippen LogP contribution in [0, 0.1) is 0 Å². The molecule has 0 aromatic heterocycles. The van der Waals surface area contributed by atoms with Crippen LogP contribution >= 0.6 is 0 Å². The summed E-state index contributed by atoms with van der Waals surface area (Å²) in [6.45, 7) is 0. The third kappa shape index (κ3) is 3.58. The number of benzene rings is 4.